The zero-order valence-electron chi connectivity index (χ0n) is 7.83. The Balaban J connectivity index is 2.48. The van der Waals surface area contributed by atoms with Gasteiger partial charge in [-0.25, -0.2) is 4.39 Å². The molecule has 0 N–H and O–H groups in total. The van der Waals surface area contributed by atoms with Gasteiger partial charge in [0.05, 0.1) is 0 Å². The number of fused-ring (bicyclic) bond motifs is 1. The second-order valence-corrected chi connectivity index (χ2v) is 3.36. The van der Waals surface area contributed by atoms with E-state index in [1.165, 1.54) is 0 Å². The molecule has 72 valence electrons. The molecule has 0 amide bonds. The lowest BCUT2D eigenvalue weighted by Gasteiger charge is -2.20. The SMILES string of the molecule is CC[C@@]1(C#N)Oc2ccccc2[C@H]1F. The third-order valence-electron chi connectivity index (χ3n) is 2.61. The van der Waals surface area contributed by atoms with Crippen molar-refractivity contribution in [2.45, 2.75) is 25.1 Å². The molecule has 0 fully saturated rings. The summed E-state index contributed by atoms with van der Waals surface area (Å²) in [5, 5.41) is 8.94. The second-order valence-electron chi connectivity index (χ2n) is 3.36. The summed E-state index contributed by atoms with van der Waals surface area (Å²) in [5.74, 6) is 0.489. The van der Waals surface area contributed by atoms with Crippen LogP contribution in [0.5, 0.6) is 5.75 Å². The van der Waals surface area contributed by atoms with Crippen molar-refractivity contribution in [3.63, 3.8) is 0 Å². The number of hydrogen-bond acceptors (Lipinski definition) is 2. The maximum absolute atomic E-state index is 13.9. The number of nitrogens with zero attached hydrogens (tertiary/aromatic N) is 1. The summed E-state index contributed by atoms with van der Waals surface area (Å²) in [4.78, 5) is 0. The normalized spacial score (nSPS) is 29.1. The van der Waals surface area contributed by atoms with E-state index in [1.807, 2.05) is 6.07 Å². The van der Waals surface area contributed by atoms with Crippen LogP contribution < -0.4 is 4.74 Å². The van der Waals surface area contributed by atoms with Gasteiger partial charge in [0, 0.05) is 12.0 Å². The smallest absolute Gasteiger partial charge is 0.229 e. The molecule has 1 aromatic rings. The van der Waals surface area contributed by atoms with Gasteiger partial charge in [0.25, 0.3) is 0 Å². The van der Waals surface area contributed by atoms with Gasteiger partial charge in [-0.05, 0) is 6.07 Å². The predicted molar refractivity (Wildman–Crippen MR) is 49.6 cm³/mol. The Kier molecular flexibility index (Phi) is 1.92. The molecule has 2 rings (SSSR count). The average molecular weight is 191 g/mol. The molecule has 3 heteroatoms. The number of halogens is 1. The molecule has 1 aliphatic heterocycles. The molecule has 0 aliphatic carbocycles. The highest BCUT2D eigenvalue weighted by atomic mass is 19.1. The van der Waals surface area contributed by atoms with Crippen LogP contribution in [0.15, 0.2) is 24.3 Å². The predicted octanol–water partition coefficient (Wildman–Crippen LogP) is 2.76. The van der Waals surface area contributed by atoms with E-state index in [4.69, 9.17) is 10.00 Å². The van der Waals surface area contributed by atoms with Gasteiger partial charge in [-0.1, -0.05) is 25.1 Å². The molecule has 2 nitrogen and oxygen atoms in total. The first kappa shape index (κ1) is 9.01. The van der Waals surface area contributed by atoms with Crippen molar-refractivity contribution in [1.29, 1.82) is 5.26 Å². The minimum atomic E-state index is -1.34. The quantitative estimate of drug-likeness (QED) is 0.683. The van der Waals surface area contributed by atoms with Crippen molar-refractivity contribution in [1.82, 2.24) is 0 Å². The van der Waals surface area contributed by atoms with Crippen LogP contribution in [0.3, 0.4) is 0 Å². The standard InChI is InChI=1S/C11H10FNO/c1-2-11(7-13)10(12)8-5-3-4-6-9(8)14-11/h3-6,10H,2H2,1H3/t10-,11+/m1/s1. The maximum atomic E-state index is 13.9. The Morgan fingerprint density at radius 1 is 1.57 bits per heavy atom. The minimum absolute atomic E-state index is 0.347. The molecular formula is C11H10FNO. The van der Waals surface area contributed by atoms with E-state index in [-0.39, 0.29) is 0 Å². The van der Waals surface area contributed by atoms with Crippen molar-refractivity contribution in [2.24, 2.45) is 0 Å². The summed E-state index contributed by atoms with van der Waals surface area (Å²) >= 11 is 0. The molecule has 2 atom stereocenters. The first-order valence-electron chi connectivity index (χ1n) is 4.57. The number of benzene rings is 1. The Hall–Kier alpha value is -1.56. The Morgan fingerprint density at radius 2 is 2.29 bits per heavy atom. The zero-order chi connectivity index (χ0) is 10.2. The summed E-state index contributed by atoms with van der Waals surface area (Å²) in [5.41, 5.74) is -0.833. The third-order valence-corrected chi connectivity index (χ3v) is 2.61. The minimum Gasteiger partial charge on any atom is -0.469 e. The highest BCUT2D eigenvalue weighted by molar-refractivity contribution is 5.44. The third kappa shape index (κ3) is 1.00. The lowest BCUT2D eigenvalue weighted by molar-refractivity contribution is 0.0666. The fourth-order valence-corrected chi connectivity index (χ4v) is 1.69. The van der Waals surface area contributed by atoms with Gasteiger partial charge in [0.15, 0.2) is 6.17 Å². The summed E-state index contributed by atoms with van der Waals surface area (Å²) in [6.07, 6.45) is -0.993. The van der Waals surface area contributed by atoms with Gasteiger partial charge >= 0.3 is 0 Å². The summed E-state index contributed by atoms with van der Waals surface area (Å²) in [6, 6.07) is 8.80. The number of hydrogen-bond donors (Lipinski definition) is 0. The Bertz CT molecular complexity index is 399. The van der Waals surface area contributed by atoms with Crippen LogP contribution in [0.2, 0.25) is 0 Å². The van der Waals surface area contributed by atoms with E-state index in [9.17, 15) is 4.39 Å². The first-order chi connectivity index (χ1) is 6.73. The highest BCUT2D eigenvalue weighted by Crippen LogP contribution is 2.46. The average Bonchev–Trinajstić information content (AvgIpc) is 2.53. The van der Waals surface area contributed by atoms with Crippen molar-refractivity contribution >= 4 is 0 Å². The van der Waals surface area contributed by atoms with E-state index in [2.05, 4.69) is 0 Å². The molecular weight excluding hydrogens is 181 g/mol. The second kappa shape index (κ2) is 2.98. The Morgan fingerprint density at radius 3 is 2.86 bits per heavy atom. The lowest BCUT2D eigenvalue weighted by atomic mass is 9.94. The van der Waals surface area contributed by atoms with Crippen molar-refractivity contribution < 1.29 is 9.13 Å². The molecule has 0 aromatic heterocycles. The number of para-hydroxylation sites is 1. The van der Waals surface area contributed by atoms with E-state index in [0.29, 0.717) is 17.7 Å². The van der Waals surface area contributed by atoms with Gasteiger partial charge < -0.3 is 4.74 Å². The van der Waals surface area contributed by atoms with Crippen LogP contribution in [0, 0.1) is 11.3 Å². The molecule has 14 heavy (non-hydrogen) atoms. The largest absolute Gasteiger partial charge is 0.469 e. The monoisotopic (exact) mass is 191 g/mol. The lowest BCUT2D eigenvalue weighted by Crippen LogP contribution is -2.33. The number of nitriles is 1. The van der Waals surface area contributed by atoms with Crippen LogP contribution in [-0.4, -0.2) is 5.60 Å². The van der Waals surface area contributed by atoms with E-state index >= 15 is 0 Å². The van der Waals surface area contributed by atoms with Crippen LogP contribution in [0.25, 0.3) is 0 Å². The number of ether oxygens (including phenoxy) is 1. The molecule has 1 aliphatic rings. The van der Waals surface area contributed by atoms with Gasteiger partial charge in [-0.2, -0.15) is 5.26 Å². The van der Waals surface area contributed by atoms with Gasteiger partial charge in [0.2, 0.25) is 5.60 Å². The molecule has 0 bridgehead atoms. The molecule has 1 heterocycles. The summed E-state index contributed by atoms with van der Waals surface area (Å²) < 4.78 is 19.3. The van der Waals surface area contributed by atoms with E-state index in [1.54, 1.807) is 31.2 Å². The first-order valence-corrected chi connectivity index (χ1v) is 4.57. The van der Waals surface area contributed by atoms with E-state index < -0.39 is 11.8 Å². The van der Waals surface area contributed by atoms with Crippen LogP contribution in [0.4, 0.5) is 4.39 Å². The van der Waals surface area contributed by atoms with Crippen molar-refractivity contribution in [3.8, 4) is 11.8 Å². The van der Waals surface area contributed by atoms with Crippen molar-refractivity contribution in [2.75, 3.05) is 0 Å². The van der Waals surface area contributed by atoms with Gasteiger partial charge in [-0.15, -0.1) is 0 Å². The summed E-state index contributed by atoms with van der Waals surface area (Å²) in [6.45, 7) is 1.75. The molecule has 0 saturated heterocycles. The number of alkyl halides is 1. The molecule has 1 aromatic carbocycles. The molecule has 0 spiro atoms. The van der Waals surface area contributed by atoms with Crippen LogP contribution in [0.1, 0.15) is 25.1 Å². The van der Waals surface area contributed by atoms with Crippen LogP contribution >= 0.6 is 0 Å². The van der Waals surface area contributed by atoms with Crippen LogP contribution in [-0.2, 0) is 0 Å². The fourth-order valence-electron chi connectivity index (χ4n) is 1.69. The summed E-state index contributed by atoms with van der Waals surface area (Å²) in [7, 11) is 0. The van der Waals surface area contributed by atoms with Crippen molar-refractivity contribution in [3.05, 3.63) is 29.8 Å². The molecule has 0 radical (unpaired) electrons. The fraction of sp³-hybridized carbons (Fsp3) is 0.364. The zero-order valence-corrected chi connectivity index (χ0v) is 7.83. The Labute approximate surface area is 81.9 Å². The van der Waals surface area contributed by atoms with Gasteiger partial charge in [-0.3, -0.25) is 0 Å². The number of rotatable bonds is 1. The molecule has 0 saturated carbocycles. The molecule has 0 unspecified atom stereocenters. The topological polar surface area (TPSA) is 33.0 Å². The van der Waals surface area contributed by atoms with Gasteiger partial charge in [0.1, 0.15) is 11.8 Å². The maximum Gasteiger partial charge on any atom is 0.229 e. The van der Waals surface area contributed by atoms with E-state index in [0.717, 1.165) is 0 Å². The highest BCUT2D eigenvalue weighted by Gasteiger charge is 2.48.